The van der Waals surface area contributed by atoms with Crippen molar-refractivity contribution in [1.29, 1.82) is 0 Å². The molecule has 0 aliphatic carbocycles. The van der Waals surface area contributed by atoms with Crippen molar-refractivity contribution >= 4 is 33.2 Å². The highest BCUT2D eigenvalue weighted by Crippen LogP contribution is 2.24. The van der Waals surface area contributed by atoms with Crippen LogP contribution in [-0.2, 0) is 6.61 Å². The van der Waals surface area contributed by atoms with Crippen molar-refractivity contribution in [2.75, 3.05) is 0 Å². The van der Waals surface area contributed by atoms with E-state index >= 15 is 0 Å². The maximum absolute atomic E-state index is 11.1. The van der Waals surface area contributed by atoms with Gasteiger partial charge in [0.1, 0.15) is 17.9 Å². The molecule has 0 atom stereocenters. The van der Waals surface area contributed by atoms with Gasteiger partial charge in [-0.15, -0.1) is 11.3 Å². The number of thiazole rings is 1. The standard InChI is InChI=1S/C12H10BrNO3S/c1-7-14-5-9(18-7)6-17-11-3-2-8(13)4-10(11)12(15)16/h2-5H,6H2,1H3,(H,15,16). The first-order chi connectivity index (χ1) is 8.56. The second-order valence-corrected chi connectivity index (χ2v) is 5.81. The van der Waals surface area contributed by atoms with Gasteiger partial charge in [-0.2, -0.15) is 0 Å². The lowest BCUT2D eigenvalue weighted by molar-refractivity contribution is 0.0691. The summed E-state index contributed by atoms with van der Waals surface area (Å²) in [6.45, 7) is 2.24. The van der Waals surface area contributed by atoms with Crippen LogP contribution in [0.2, 0.25) is 0 Å². The summed E-state index contributed by atoms with van der Waals surface area (Å²) in [5, 5.41) is 10.0. The third-order valence-electron chi connectivity index (χ3n) is 2.21. The number of hydrogen-bond acceptors (Lipinski definition) is 4. The molecule has 94 valence electrons. The third kappa shape index (κ3) is 3.08. The summed E-state index contributed by atoms with van der Waals surface area (Å²) in [5.41, 5.74) is 0.144. The topological polar surface area (TPSA) is 59.4 Å². The molecule has 0 spiro atoms. The lowest BCUT2D eigenvalue weighted by Gasteiger charge is -2.08. The lowest BCUT2D eigenvalue weighted by Crippen LogP contribution is -2.02. The highest BCUT2D eigenvalue weighted by molar-refractivity contribution is 9.10. The Morgan fingerprint density at radius 1 is 1.56 bits per heavy atom. The molecule has 1 N–H and O–H groups in total. The lowest BCUT2D eigenvalue weighted by atomic mass is 10.2. The van der Waals surface area contributed by atoms with Crippen LogP contribution in [0.4, 0.5) is 0 Å². The first-order valence-electron chi connectivity index (χ1n) is 5.13. The van der Waals surface area contributed by atoms with Gasteiger partial charge in [-0.3, -0.25) is 0 Å². The molecule has 1 heterocycles. The summed E-state index contributed by atoms with van der Waals surface area (Å²) in [5.74, 6) is -0.650. The molecule has 1 aromatic carbocycles. The number of carbonyl (C=O) groups is 1. The molecule has 0 bridgehead atoms. The SMILES string of the molecule is Cc1ncc(COc2ccc(Br)cc2C(=O)O)s1. The number of carboxylic acid groups (broad SMARTS) is 1. The maximum Gasteiger partial charge on any atom is 0.339 e. The van der Waals surface area contributed by atoms with Crippen molar-refractivity contribution in [3.8, 4) is 5.75 Å². The first kappa shape index (κ1) is 13.0. The van der Waals surface area contributed by atoms with Crippen LogP contribution in [0.15, 0.2) is 28.9 Å². The van der Waals surface area contributed by atoms with Gasteiger partial charge in [0.2, 0.25) is 0 Å². The highest BCUT2D eigenvalue weighted by atomic mass is 79.9. The van der Waals surface area contributed by atoms with E-state index < -0.39 is 5.97 Å². The second-order valence-electron chi connectivity index (χ2n) is 3.58. The number of hydrogen-bond donors (Lipinski definition) is 1. The van der Waals surface area contributed by atoms with Crippen molar-refractivity contribution in [2.24, 2.45) is 0 Å². The first-order valence-corrected chi connectivity index (χ1v) is 6.74. The number of aromatic carboxylic acids is 1. The molecule has 0 saturated heterocycles. The third-order valence-corrected chi connectivity index (χ3v) is 3.59. The molecular formula is C12H10BrNO3S. The Hall–Kier alpha value is -1.40. The van der Waals surface area contributed by atoms with Crippen LogP contribution in [0.5, 0.6) is 5.75 Å². The minimum Gasteiger partial charge on any atom is -0.487 e. The van der Waals surface area contributed by atoms with E-state index in [1.807, 2.05) is 6.92 Å². The molecule has 2 rings (SSSR count). The van der Waals surface area contributed by atoms with Gasteiger partial charge in [-0.05, 0) is 25.1 Å². The van der Waals surface area contributed by atoms with E-state index in [-0.39, 0.29) is 5.56 Å². The van der Waals surface area contributed by atoms with Gasteiger partial charge in [-0.25, -0.2) is 9.78 Å². The van der Waals surface area contributed by atoms with E-state index in [2.05, 4.69) is 20.9 Å². The van der Waals surface area contributed by atoms with Crippen molar-refractivity contribution in [1.82, 2.24) is 4.98 Å². The fourth-order valence-corrected chi connectivity index (χ4v) is 2.49. The van der Waals surface area contributed by atoms with Gasteiger partial charge in [0.25, 0.3) is 0 Å². The molecular weight excluding hydrogens is 318 g/mol. The summed E-state index contributed by atoms with van der Waals surface area (Å²) in [6, 6.07) is 4.91. The predicted octanol–water partition coefficient (Wildman–Crippen LogP) is 3.49. The molecule has 0 saturated carbocycles. The van der Waals surface area contributed by atoms with Crippen molar-refractivity contribution < 1.29 is 14.6 Å². The van der Waals surface area contributed by atoms with E-state index in [0.717, 1.165) is 9.88 Å². The monoisotopic (exact) mass is 327 g/mol. The summed E-state index contributed by atoms with van der Waals surface area (Å²) >= 11 is 4.77. The van der Waals surface area contributed by atoms with Gasteiger partial charge in [0.05, 0.1) is 9.88 Å². The molecule has 0 amide bonds. The number of ether oxygens (including phenoxy) is 1. The molecule has 1 aromatic heterocycles. The van der Waals surface area contributed by atoms with Gasteiger partial charge in [-0.1, -0.05) is 15.9 Å². The molecule has 0 fully saturated rings. The Labute approximate surface area is 116 Å². The van der Waals surface area contributed by atoms with E-state index in [1.165, 1.54) is 17.4 Å². The number of carboxylic acids is 1. The number of aryl methyl sites for hydroxylation is 1. The van der Waals surface area contributed by atoms with E-state index in [0.29, 0.717) is 16.8 Å². The number of rotatable bonds is 4. The average Bonchev–Trinajstić information content (AvgIpc) is 2.73. The van der Waals surface area contributed by atoms with Gasteiger partial charge in [0, 0.05) is 10.7 Å². The Morgan fingerprint density at radius 2 is 2.33 bits per heavy atom. The van der Waals surface area contributed by atoms with Gasteiger partial charge in [0.15, 0.2) is 0 Å². The van der Waals surface area contributed by atoms with Crippen LogP contribution in [0.1, 0.15) is 20.2 Å². The molecule has 0 aliphatic heterocycles. The quantitative estimate of drug-likeness (QED) is 0.933. The molecule has 0 unspecified atom stereocenters. The fourth-order valence-electron chi connectivity index (χ4n) is 1.42. The molecule has 0 radical (unpaired) electrons. The molecule has 4 nitrogen and oxygen atoms in total. The van der Waals surface area contributed by atoms with Crippen LogP contribution in [-0.4, -0.2) is 16.1 Å². The normalized spacial score (nSPS) is 10.3. The van der Waals surface area contributed by atoms with Crippen LogP contribution < -0.4 is 4.74 Å². The second kappa shape index (κ2) is 5.49. The van der Waals surface area contributed by atoms with Crippen LogP contribution in [0.3, 0.4) is 0 Å². The summed E-state index contributed by atoms with van der Waals surface area (Å²) < 4.78 is 6.23. The van der Waals surface area contributed by atoms with E-state index in [4.69, 9.17) is 9.84 Å². The van der Waals surface area contributed by atoms with Crippen molar-refractivity contribution in [2.45, 2.75) is 13.5 Å². The molecule has 2 aromatic rings. The zero-order valence-corrected chi connectivity index (χ0v) is 11.9. The number of nitrogens with zero attached hydrogens (tertiary/aromatic N) is 1. The fraction of sp³-hybridized carbons (Fsp3) is 0.167. The molecule has 0 aliphatic rings. The summed E-state index contributed by atoms with van der Waals surface area (Å²) in [7, 11) is 0. The number of benzene rings is 1. The Balaban J connectivity index is 2.16. The smallest absolute Gasteiger partial charge is 0.339 e. The maximum atomic E-state index is 11.1. The van der Waals surface area contributed by atoms with Crippen LogP contribution in [0, 0.1) is 6.92 Å². The Kier molecular flexibility index (Phi) is 3.98. The average molecular weight is 328 g/mol. The predicted molar refractivity (Wildman–Crippen MR) is 72.3 cm³/mol. The van der Waals surface area contributed by atoms with Crippen LogP contribution in [0.25, 0.3) is 0 Å². The zero-order valence-electron chi connectivity index (χ0n) is 9.51. The Bertz CT molecular complexity index is 582. The summed E-state index contributed by atoms with van der Waals surface area (Å²) in [4.78, 5) is 16.2. The minimum atomic E-state index is -1.01. The van der Waals surface area contributed by atoms with Crippen molar-refractivity contribution in [3.63, 3.8) is 0 Å². The minimum absolute atomic E-state index is 0.144. The van der Waals surface area contributed by atoms with E-state index in [1.54, 1.807) is 18.3 Å². The highest BCUT2D eigenvalue weighted by Gasteiger charge is 2.12. The number of aromatic nitrogens is 1. The van der Waals surface area contributed by atoms with E-state index in [9.17, 15) is 4.79 Å². The molecule has 18 heavy (non-hydrogen) atoms. The largest absolute Gasteiger partial charge is 0.487 e. The molecule has 6 heteroatoms. The zero-order chi connectivity index (χ0) is 13.1. The Morgan fingerprint density at radius 3 is 2.94 bits per heavy atom. The van der Waals surface area contributed by atoms with Crippen LogP contribution >= 0.6 is 27.3 Å². The van der Waals surface area contributed by atoms with Gasteiger partial charge >= 0.3 is 5.97 Å². The van der Waals surface area contributed by atoms with Crippen molar-refractivity contribution in [3.05, 3.63) is 44.3 Å². The summed E-state index contributed by atoms with van der Waals surface area (Å²) in [6.07, 6.45) is 1.74. The number of halogens is 1. The van der Waals surface area contributed by atoms with Gasteiger partial charge < -0.3 is 9.84 Å².